The van der Waals surface area contributed by atoms with E-state index in [1.54, 1.807) is 30.2 Å². The van der Waals surface area contributed by atoms with Crippen LogP contribution in [0.2, 0.25) is 0 Å². The summed E-state index contributed by atoms with van der Waals surface area (Å²) in [7, 11) is 0. The first-order chi connectivity index (χ1) is 9.48. The summed E-state index contributed by atoms with van der Waals surface area (Å²) in [6.07, 6.45) is 2.96. The number of aliphatic hydroxyl groups is 1. The summed E-state index contributed by atoms with van der Waals surface area (Å²) in [5.41, 5.74) is 0. The van der Waals surface area contributed by atoms with E-state index in [2.05, 4.69) is 35.7 Å². The van der Waals surface area contributed by atoms with Crippen LogP contribution in [-0.4, -0.2) is 41.7 Å². The van der Waals surface area contributed by atoms with Crippen molar-refractivity contribution in [1.29, 1.82) is 0 Å². The molecule has 0 bridgehead atoms. The monoisotopic (exact) mass is 299 g/mol. The Hall–Kier alpha value is -1.14. The minimum absolute atomic E-state index is 0.0992. The molecule has 3 N–H and O–H groups in total. The van der Waals surface area contributed by atoms with Crippen molar-refractivity contribution < 1.29 is 9.52 Å². The molecule has 0 amide bonds. The average Bonchev–Trinajstić information content (AvgIpc) is 2.96. The first kappa shape index (κ1) is 16.9. The molecule has 6 heteroatoms. The van der Waals surface area contributed by atoms with Gasteiger partial charge in [0.25, 0.3) is 0 Å². The van der Waals surface area contributed by atoms with Gasteiger partial charge < -0.3 is 20.2 Å². The quantitative estimate of drug-likeness (QED) is 0.531. The molecular weight excluding hydrogens is 274 g/mol. The molecule has 1 aromatic rings. The molecule has 1 atom stereocenters. The highest BCUT2D eigenvalue weighted by atomic mass is 32.2. The lowest BCUT2D eigenvalue weighted by atomic mass is 10.2. The number of guanidine groups is 1. The Morgan fingerprint density at radius 3 is 2.80 bits per heavy atom. The van der Waals surface area contributed by atoms with Crippen molar-refractivity contribution in [3.63, 3.8) is 0 Å². The molecule has 0 saturated heterocycles. The van der Waals surface area contributed by atoms with Crippen molar-refractivity contribution in [2.75, 3.05) is 25.9 Å². The summed E-state index contributed by atoms with van der Waals surface area (Å²) in [6, 6.07) is 3.52. The van der Waals surface area contributed by atoms with Crippen molar-refractivity contribution in [3.05, 3.63) is 24.2 Å². The second kappa shape index (κ2) is 8.21. The molecule has 0 spiro atoms. The van der Waals surface area contributed by atoms with Gasteiger partial charge in [0.05, 0.1) is 19.4 Å². The van der Waals surface area contributed by atoms with E-state index in [-0.39, 0.29) is 4.75 Å². The number of nitrogens with one attached hydrogen (secondary N) is 2. The molecule has 0 aliphatic heterocycles. The summed E-state index contributed by atoms with van der Waals surface area (Å²) in [6.45, 7) is 8.17. The first-order valence-corrected chi connectivity index (χ1v) is 8.00. The Bertz CT molecular complexity index is 405. The van der Waals surface area contributed by atoms with Gasteiger partial charge in [-0.2, -0.15) is 11.8 Å². The van der Waals surface area contributed by atoms with Crippen molar-refractivity contribution in [3.8, 4) is 0 Å². The molecule has 0 aliphatic carbocycles. The van der Waals surface area contributed by atoms with Gasteiger partial charge in [-0.1, -0.05) is 0 Å². The lowest BCUT2D eigenvalue weighted by Gasteiger charge is -2.20. The van der Waals surface area contributed by atoms with Crippen LogP contribution in [0.3, 0.4) is 0 Å². The average molecular weight is 299 g/mol. The largest absolute Gasteiger partial charge is 0.467 e. The lowest BCUT2D eigenvalue weighted by Crippen LogP contribution is -2.40. The fraction of sp³-hybridized carbons (Fsp3) is 0.643. The number of thioether (sulfide) groups is 1. The number of hydrogen-bond donors (Lipinski definition) is 3. The second-order valence-corrected chi connectivity index (χ2v) is 6.58. The van der Waals surface area contributed by atoms with Gasteiger partial charge in [0, 0.05) is 11.3 Å². The third kappa shape index (κ3) is 5.88. The van der Waals surface area contributed by atoms with Gasteiger partial charge in [-0.05, 0) is 39.2 Å². The minimum atomic E-state index is -0.678. The van der Waals surface area contributed by atoms with Crippen LogP contribution in [0, 0.1) is 0 Å². The minimum Gasteiger partial charge on any atom is -0.467 e. The van der Waals surface area contributed by atoms with Crippen LogP contribution in [0.25, 0.3) is 0 Å². The van der Waals surface area contributed by atoms with Gasteiger partial charge in [-0.3, -0.25) is 4.99 Å². The van der Waals surface area contributed by atoms with E-state index in [0.29, 0.717) is 24.8 Å². The normalized spacial score (nSPS) is 14.2. The zero-order valence-electron chi connectivity index (χ0n) is 12.6. The highest BCUT2D eigenvalue weighted by molar-refractivity contribution is 7.99. The summed E-state index contributed by atoms with van der Waals surface area (Å²) in [5.74, 6) is 1.26. The molecule has 114 valence electrons. The van der Waals surface area contributed by atoms with Crippen molar-refractivity contribution >= 4 is 17.7 Å². The van der Waals surface area contributed by atoms with E-state index < -0.39 is 6.10 Å². The van der Waals surface area contributed by atoms with Crippen LogP contribution in [0.1, 0.15) is 32.6 Å². The predicted molar refractivity (Wildman–Crippen MR) is 85.2 cm³/mol. The molecule has 5 nitrogen and oxygen atoms in total. The molecule has 0 aliphatic rings. The van der Waals surface area contributed by atoms with E-state index in [1.165, 1.54) is 0 Å². The molecule has 0 saturated carbocycles. The fourth-order valence-electron chi connectivity index (χ4n) is 1.45. The van der Waals surface area contributed by atoms with Crippen LogP contribution < -0.4 is 10.6 Å². The van der Waals surface area contributed by atoms with Crippen LogP contribution in [0.4, 0.5) is 0 Å². The number of hydrogen-bond acceptors (Lipinski definition) is 4. The Morgan fingerprint density at radius 2 is 2.25 bits per heavy atom. The number of rotatable bonds is 7. The molecule has 1 rings (SSSR count). The maximum atomic E-state index is 9.96. The van der Waals surface area contributed by atoms with Crippen molar-refractivity contribution in [1.82, 2.24) is 10.6 Å². The molecule has 1 heterocycles. The maximum Gasteiger partial charge on any atom is 0.191 e. The highest BCUT2D eigenvalue weighted by Crippen LogP contribution is 2.21. The molecule has 0 radical (unpaired) electrons. The Morgan fingerprint density at radius 1 is 1.50 bits per heavy atom. The molecule has 0 aromatic carbocycles. The first-order valence-electron chi connectivity index (χ1n) is 6.77. The third-order valence-corrected chi connectivity index (χ3v) is 4.08. The predicted octanol–water partition coefficient (Wildman–Crippen LogP) is 2.01. The van der Waals surface area contributed by atoms with Gasteiger partial charge in [0.15, 0.2) is 5.96 Å². The topological polar surface area (TPSA) is 69.8 Å². The van der Waals surface area contributed by atoms with Crippen LogP contribution in [0.5, 0.6) is 0 Å². The third-order valence-electron chi connectivity index (χ3n) is 2.85. The maximum absolute atomic E-state index is 9.96. The van der Waals surface area contributed by atoms with E-state index in [9.17, 15) is 5.11 Å². The lowest BCUT2D eigenvalue weighted by molar-refractivity contribution is 0.153. The van der Waals surface area contributed by atoms with Crippen molar-refractivity contribution in [2.45, 2.75) is 31.6 Å². The highest BCUT2D eigenvalue weighted by Gasteiger charge is 2.16. The van der Waals surface area contributed by atoms with Crippen LogP contribution in [0.15, 0.2) is 27.8 Å². The van der Waals surface area contributed by atoms with Gasteiger partial charge >= 0.3 is 0 Å². The second-order valence-electron chi connectivity index (χ2n) is 5.07. The summed E-state index contributed by atoms with van der Waals surface area (Å²) >= 11 is 1.78. The van der Waals surface area contributed by atoms with Gasteiger partial charge in [-0.15, -0.1) is 0 Å². The summed E-state index contributed by atoms with van der Waals surface area (Å²) < 4.78 is 5.26. The van der Waals surface area contributed by atoms with Crippen molar-refractivity contribution in [2.24, 2.45) is 4.99 Å². The Kier molecular flexibility index (Phi) is 6.95. The van der Waals surface area contributed by atoms with E-state index in [0.717, 1.165) is 6.54 Å². The van der Waals surface area contributed by atoms with Crippen LogP contribution >= 0.6 is 11.8 Å². The summed E-state index contributed by atoms with van der Waals surface area (Å²) in [4.78, 5) is 4.54. The number of furan rings is 1. The van der Waals surface area contributed by atoms with E-state index in [1.807, 2.05) is 6.92 Å². The van der Waals surface area contributed by atoms with E-state index >= 15 is 0 Å². The van der Waals surface area contributed by atoms with E-state index in [4.69, 9.17) is 4.42 Å². The number of nitrogens with zero attached hydrogens (tertiary/aromatic N) is 1. The Labute approximate surface area is 125 Å². The standard InChI is InChI=1S/C14H25N3O2S/c1-5-15-13(17-10-14(2,3)20-4)16-9-11(18)12-7-6-8-19-12/h6-8,11,18H,5,9-10H2,1-4H3,(H2,15,16,17). The summed E-state index contributed by atoms with van der Waals surface area (Å²) in [5, 5.41) is 16.3. The molecule has 1 unspecified atom stereocenters. The smallest absolute Gasteiger partial charge is 0.191 e. The van der Waals surface area contributed by atoms with Gasteiger partial charge in [-0.25, -0.2) is 0 Å². The number of aliphatic imine (C=N–C) groups is 1. The van der Waals surface area contributed by atoms with Crippen LogP contribution in [-0.2, 0) is 0 Å². The zero-order chi connectivity index (χ0) is 15.0. The SMILES string of the molecule is CCNC(=NCC(C)(C)SC)NCC(O)c1ccco1. The molecule has 1 aromatic heterocycles. The molecule has 20 heavy (non-hydrogen) atoms. The fourth-order valence-corrected chi connectivity index (χ4v) is 1.64. The molecular formula is C14H25N3O2S. The zero-order valence-corrected chi connectivity index (χ0v) is 13.5. The molecule has 0 fully saturated rings. The number of aliphatic hydroxyl groups excluding tert-OH is 1. The van der Waals surface area contributed by atoms with Gasteiger partial charge in [0.1, 0.15) is 11.9 Å². The Balaban J connectivity index is 2.52. The van der Waals surface area contributed by atoms with Gasteiger partial charge in [0.2, 0.25) is 0 Å².